The van der Waals surface area contributed by atoms with Crippen molar-refractivity contribution in [1.82, 2.24) is 4.90 Å². The van der Waals surface area contributed by atoms with Crippen LogP contribution in [0.25, 0.3) is 0 Å². The number of hydrogen-bond donors (Lipinski definition) is 0. The number of rotatable bonds is 9. The quantitative estimate of drug-likeness (QED) is 0.560. The second-order valence-corrected chi connectivity index (χ2v) is 4.16. The number of ketones is 1. The van der Waals surface area contributed by atoms with E-state index in [0.717, 1.165) is 32.4 Å². The first kappa shape index (κ1) is 15.4. The van der Waals surface area contributed by atoms with E-state index in [-0.39, 0.29) is 5.54 Å². The highest BCUT2D eigenvalue weighted by atomic mass is 16.1. The molecule has 0 aliphatic carbocycles. The lowest BCUT2D eigenvalue weighted by Gasteiger charge is -2.41. The maximum atomic E-state index is 12.4. The van der Waals surface area contributed by atoms with Gasteiger partial charge in [-0.15, -0.1) is 6.58 Å². The lowest BCUT2D eigenvalue weighted by atomic mass is 9.83. The van der Waals surface area contributed by atoms with Gasteiger partial charge < -0.3 is 0 Å². The van der Waals surface area contributed by atoms with Crippen LogP contribution in [0.1, 0.15) is 53.4 Å². The maximum Gasteiger partial charge on any atom is 0.153 e. The highest BCUT2D eigenvalue weighted by molar-refractivity contribution is 5.88. The summed E-state index contributed by atoms with van der Waals surface area (Å²) < 4.78 is 0. The Balaban J connectivity index is 4.90. The molecule has 0 unspecified atom stereocenters. The molecule has 94 valence electrons. The van der Waals surface area contributed by atoms with Crippen molar-refractivity contribution < 1.29 is 4.79 Å². The lowest BCUT2D eigenvalue weighted by molar-refractivity contribution is -0.131. The predicted octanol–water partition coefficient (Wildman–Crippen LogP) is 3.42. The van der Waals surface area contributed by atoms with Crippen LogP contribution < -0.4 is 0 Å². The molecule has 0 heterocycles. The summed E-state index contributed by atoms with van der Waals surface area (Å²) in [5.74, 6) is 0.376. The molecule has 2 nitrogen and oxygen atoms in total. The highest BCUT2D eigenvalue weighted by Gasteiger charge is 2.38. The van der Waals surface area contributed by atoms with Crippen LogP contribution in [-0.4, -0.2) is 29.3 Å². The fourth-order valence-electron chi connectivity index (χ4n) is 2.56. The normalized spacial score (nSPS) is 11.8. The van der Waals surface area contributed by atoms with E-state index >= 15 is 0 Å². The first-order valence-corrected chi connectivity index (χ1v) is 6.52. The number of Topliss-reactive ketones (excluding diaryl/α,β-unsaturated/α-hetero) is 1. The molecule has 2 heteroatoms. The fourth-order valence-corrected chi connectivity index (χ4v) is 2.56. The molecule has 0 aromatic rings. The summed E-state index contributed by atoms with van der Waals surface area (Å²) in [6.45, 7) is 14.1. The Morgan fingerprint density at radius 3 is 2.00 bits per heavy atom. The van der Waals surface area contributed by atoms with Crippen LogP contribution in [0.4, 0.5) is 0 Å². The average Bonchev–Trinajstić information content (AvgIpc) is 2.33. The van der Waals surface area contributed by atoms with Gasteiger partial charge in [0.25, 0.3) is 0 Å². The van der Waals surface area contributed by atoms with Crippen LogP contribution in [0.5, 0.6) is 0 Å². The van der Waals surface area contributed by atoms with Crippen LogP contribution >= 0.6 is 0 Å². The minimum absolute atomic E-state index is 0.244. The highest BCUT2D eigenvalue weighted by Crippen LogP contribution is 2.27. The second-order valence-electron chi connectivity index (χ2n) is 4.16. The second kappa shape index (κ2) is 7.61. The molecule has 0 atom stereocenters. The number of carbonyl (C=O) groups excluding carboxylic acids is 1. The Morgan fingerprint density at radius 1 is 1.19 bits per heavy atom. The van der Waals surface area contributed by atoms with Crippen LogP contribution in [0.15, 0.2) is 12.7 Å². The molecular formula is C14H27NO. The van der Waals surface area contributed by atoms with Gasteiger partial charge in [-0.2, -0.15) is 0 Å². The minimum Gasteiger partial charge on any atom is -0.298 e. The molecule has 0 saturated carbocycles. The lowest BCUT2D eigenvalue weighted by Crippen LogP contribution is -2.53. The monoisotopic (exact) mass is 225 g/mol. The molecule has 0 saturated heterocycles. The van der Waals surface area contributed by atoms with E-state index in [1.807, 2.05) is 6.08 Å². The third-order valence-corrected chi connectivity index (χ3v) is 3.63. The standard InChI is InChI=1S/C14H27NO/c1-6-11-12-13(16)14(7-2,8-3)15(9-4)10-5/h6H,1,7-12H2,2-5H3. The van der Waals surface area contributed by atoms with Gasteiger partial charge in [-0.05, 0) is 32.4 Å². The molecule has 0 bridgehead atoms. The van der Waals surface area contributed by atoms with E-state index in [2.05, 4.69) is 39.2 Å². The van der Waals surface area contributed by atoms with E-state index in [1.54, 1.807) is 0 Å². The Bertz CT molecular complexity index is 215. The van der Waals surface area contributed by atoms with Gasteiger partial charge in [-0.3, -0.25) is 9.69 Å². The van der Waals surface area contributed by atoms with Gasteiger partial charge >= 0.3 is 0 Å². The number of nitrogens with zero attached hydrogens (tertiary/aromatic N) is 1. The van der Waals surface area contributed by atoms with Crippen molar-refractivity contribution in [2.45, 2.75) is 58.9 Å². The number of likely N-dealkylation sites (N-methyl/N-ethyl adjacent to an activating group) is 1. The van der Waals surface area contributed by atoms with Crippen LogP contribution in [-0.2, 0) is 4.79 Å². The van der Waals surface area contributed by atoms with Gasteiger partial charge in [0.2, 0.25) is 0 Å². The van der Waals surface area contributed by atoms with E-state index in [1.165, 1.54) is 0 Å². The minimum atomic E-state index is -0.244. The molecule has 0 spiro atoms. The van der Waals surface area contributed by atoms with Crippen molar-refractivity contribution in [3.05, 3.63) is 12.7 Å². The molecule has 0 amide bonds. The Morgan fingerprint density at radius 2 is 1.69 bits per heavy atom. The largest absolute Gasteiger partial charge is 0.298 e. The van der Waals surface area contributed by atoms with E-state index in [4.69, 9.17) is 0 Å². The van der Waals surface area contributed by atoms with Crippen LogP contribution in [0.3, 0.4) is 0 Å². The van der Waals surface area contributed by atoms with Gasteiger partial charge in [0.05, 0.1) is 5.54 Å². The van der Waals surface area contributed by atoms with Gasteiger partial charge in [0, 0.05) is 6.42 Å². The van der Waals surface area contributed by atoms with Gasteiger partial charge in [-0.1, -0.05) is 33.8 Å². The third kappa shape index (κ3) is 3.18. The van der Waals surface area contributed by atoms with Gasteiger partial charge in [0.1, 0.15) is 0 Å². The van der Waals surface area contributed by atoms with Crippen molar-refractivity contribution in [2.75, 3.05) is 13.1 Å². The molecule has 0 rings (SSSR count). The van der Waals surface area contributed by atoms with Crippen LogP contribution in [0, 0.1) is 0 Å². The summed E-state index contributed by atoms with van der Waals surface area (Å²) in [5.41, 5.74) is -0.244. The summed E-state index contributed by atoms with van der Waals surface area (Å²) in [6, 6.07) is 0. The molecule has 0 aromatic heterocycles. The Labute approximate surface area is 101 Å². The van der Waals surface area contributed by atoms with Crippen LogP contribution in [0.2, 0.25) is 0 Å². The zero-order valence-corrected chi connectivity index (χ0v) is 11.4. The maximum absolute atomic E-state index is 12.4. The summed E-state index contributed by atoms with van der Waals surface area (Å²) >= 11 is 0. The van der Waals surface area contributed by atoms with Crippen molar-refractivity contribution >= 4 is 5.78 Å². The van der Waals surface area contributed by atoms with Crippen molar-refractivity contribution in [3.8, 4) is 0 Å². The van der Waals surface area contributed by atoms with E-state index in [9.17, 15) is 4.79 Å². The topological polar surface area (TPSA) is 20.3 Å². The number of allylic oxidation sites excluding steroid dienone is 1. The SMILES string of the molecule is C=CCCC(=O)C(CC)(CC)N(CC)CC. The van der Waals surface area contributed by atoms with Crippen molar-refractivity contribution in [1.29, 1.82) is 0 Å². The molecule has 0 radical (unpaired) electrons. The Hall–Kier alpha value is -0.630. The summed E-state index contributed by atoms with van der Waals surface area (Å²) in [4.78, 5) is 14.7. The first-order chi connectivity index (χ1) is 7.62. The van der Waals surface area contributed by atoms with Gasteiger partial charge in [-0.25, -0.2) is 0 Å². The number of carbonyl (C=O) groups is 1. The summed E-state index contributed by atoms with van der Waals surface area (Å²) in [6.07, 6.45) is 5.06. The van der Waals surface area contributed by atoms with Crippen molar-refractivity contribution in [2.24, 2.45) is 0 Å². The van der Waals surface area contributed by atoms with E-state index in [0.29, 0.717) is 12.2 Å². The van der Waals surface area contributed by atoms with Crippen molar-refractivity contribution in [3.63, 3.8) is 0 Å². The molecular weight excluding hydrogens is 198 g/mol. The molecule has 0 fully saturated rings. The van der Waals surface area contributed by atoms with E-state index < -0.39 is 0 Å². The summed E-state index contributed by atoms with van der Waals surface area (Å²) in [5, 5.41) is 0. The predicted molar refractivity (Wildman–Crippen MR) is 70.7 cm³/mol. The summed E-state index contributed by atoms with van der Waals surface area (Å²) in [7, 11) is 0. The average molecular weight is 225 g/mol. The molecule has 16 heavy (non-hydrogen) atoms. The zero-order chi connectivity index (χ0) is 12.6. The third-order valence-electron chi connectivity index (χ3n) is 3.63. The van der Waals surface area contributed by atoms with Gasteiger partial charge in [0.15, 0.2) is 5.78 Å². The first-order valence-electron chi connectivity index (χ1n) is 6.52. The smallest absolute Gasteiger partial charge is 0.153 e. The molecule has 0 aliphatic rings. The zero-order valence-electron chi connectivity index (χ0n) is 11.4. The Kier molecular flexibility index (Phi) is 7.31. The molecule has 0 aromatic carbocycles. The molecule has 0 N–H and O–H groups in total. The fraction of sp³-hybridized carbons (Fsp3) is 0.786. The molecule has 0 aliphatic heterocycles. The number of hydrogen-bond acceptors (Lipinski definition) is 2.